The molecule has 1 heterocycles. The van der Waals surface area contributed by atoms with Crippen molar-refractivity contribution in [2.24, 2.45) is 5.92 Å². The van der Waals surface area contributed by atoms with Gasteiger partial charge in [-0.25, -0.2) is 0 Å². The third kappa shape index (κ3) is 3.54. The number of aliphatic hydroxyl groups is 1. The molecule has 2 nitrogen and oxygen atoms in total. The van der Waals surface area contributed by atoms with Crippen LogP contribution in [0.25, 0.3) is 0 Å². The van der Waals surface area contributed by atoms with Crippen LogP contribution < -0.4 is 5.32 Å². The van der Waals surface area contributed by atoms with Crippen molar-refractivity contribution in [3.05, 3.63) is 34.3 Å². The predicted octanol–water partition coefficient (Wildman–Crippen LogP) is 2.74. The SMILES string of the molecule is CC(O)(Cc1ccc(Br)cc1)C1CCCNC1. The normalized spacial score (nSPS) is 24.3. The van der Waals surface area contributed by atoms with E-state index < -0.39 is 5.60 Å². The van der Waals surface area contributed by atoms with Crippen molar-refractivity contribution in [3.63, 3.8) is 0 Å². The van der Waals surface area contributed by atoms with Gasteiger partial charge < -0.3 is 10.4 Å². The van der Waals surface area contributed by atoms with Gasteiger partial charge in [-0.1, -0.05) is 28.1 Å². The van der Waals surface area contributed by atoms with Crippen molar-refractivity contribution in [2.75, 3.05) is 13.1 Å². The van der Waals surface area contributed by atoms with E-state index in [0.717, 1.165) is 30.4 Å². The van der Waals surface area contributed by atoms with E-state index in [4.69, 9.17) is 0 Å². The Kier molecular flexibility index (Phi) is 4.23. The molecule has 94 valence electrons. The molecular weight excluding hydrogens is 278 g/mol. The molecule has 1 aliphatic rings. The Bertz CT molecular complexity index is 355. The van der Waals surface area contributed by atoms with Gasteiger partial charge in [0.15, 0.2) is 0 Å². The minimum atomic E-state index is -0.610. The highest BCUT2D eigenvalue weighted by Gasteiger charge is 2.32. The van der Waals surface area contributed by atoms with E-state index in [1.807, 2.05) is 19.1 Å². The van der Waals surface area contributed by atoms with Crippen LogP contribution in [0, 0.1) is 5.92 Å². The molecule has 0 amide bonds. The summed E-state index contributed by atoms with van der Waals surface area (Å²) in [5, 5.41) is 14.0. The minimum Gasteiger partial charge on any atom is -0.389 e. The summed E-state index contributed by atoms with van der Waals surface area (Å²) in [6, 6.07) is 8.22. The van der Waals surface area contributed by atoms with Gasteiger partial charge in [0, 0.05) is 23.4 Å². The third-order valence-corrected chi connectivity index (χ3v) is 4.18. The lowest BCUT2D eigenvalue weighted by Crippen LogP contribution is -2.45. The second kappa shape index (κ2) is 5.51. The summed E-state index contributed by atoms with van der Waals surface area (Å²) >= 11 is 3.43. The fourth-order valence-corrected chi connectivity index (χ4v) is 2.81. The molecule has 0 bridgehead atoms. The average Bonchev–Trinajstić information content (AvgIpc) is 2.33. The van der Waals surface area contributed by atoms with Crippen molar-refractivity contribution < 1.29 is 5.11 Å². The van der Waals surface area contributed by atoms with Crippen LogP contribution in [0.15, 0.2) is 28.7 Å². The average molecular weight is 298 g/mol. The molecule has 0 radical (unpaired) electrons. The molecule has 17 heavy (non-hydrogen) atoms. The third-order valence-electron chi connectivity index (χ3n) is 3.65. The van der Waals surface area contributed by atoms with Crippen LogP contribution in [0.3, 0.4) is 0 Å². The van der Waals surface area contributed by atoms with Crippen molar-refractivity contribution in [3.8, 4) is 0 Å². The Morgan fingerprint density at radius 1 is 1.41 bits per heavy atom. The van der Waals surface area contributed by atoms with Gasteiger partial charge in [0.2, 0.25) is 0 Å². The highest BCUT2D eigenvalue weighted by atomic mass is 79.9. The summed E-state index contributed by atoms with van der Waals surface area (Å²) in [5.41, 5.74) is 0.588. The van der Waals surface area contributed by atoms with E-state index in [1.54, 1.807) is 0 Å². The molecule has 2 atom stereocenters. The summed E-state index contributed by atoms with van der Waals surface area (Å²) in [6.07, 6.45) is 3.02. The molecule has 0 aliphatic carbocycles. The molecule has 0 spiro atoms. The Balaban J connectivity index is 2.02. The van der Waals surface area contributed by atoms with Crippen molar-refractivity contribution in [1.29, 1.82) is 0 Å². The molecule has 1 fully saturated rings. The lowest BCUT2D eigenvalue weighted by Gasteiger charge is -2.36. The molecule has 1 aromatic rings. The molecule has 1 aliphatic heterocycles. The van der Waals surface area contributed by atoms with E-state index >= 15 is 0 Å². The fraction of sp³-hybridized carbons (Fsp3) is 0.571. The molecule has 2 N–H and O–H groups in total. The second-order valence-corrected chi connectivity index (χ2v) is 6.12. The fourth-order valence-electron chi connectivity index (χ4n) is 2.54. The van der Waals surface area contributed by atoms with Gasteiger partial charge in [-0.2, -0.15) is 0 Å². The summed E-state index contributed by atoms with van der Waals surface area (Å²) in [4.78, 5) is 0. The van der Waals surface area contributed by atoms with Crippen LogP contribution in [0.1, 0.15) is 25.3 Å². The Hall–Kier alpha value is -0.380. The van der Waals surface area contributed by atoms with Crippen molar-refractivity contribution >= 4 is 15.9 Å². The number of hydrogen-bond acceptors (Lipinski definition) is 2. The smallest absolute Gasteiger partial charge is 0.0700 e. The Morgan fingerprint density at radius 3 is 2.71 bits per heavy atom. The molecule has 2 rings (SSSR count). The van der Waals surface area contributed by atoms with Gasteiger partial charge in [0.05, 0.1) is 5.60 Å². The van der Waals surface area contributed by atoms with Gasteiger partial charge in [0.25, 0.3) is 0 Å². The van der Waals surface area contributed by atoms with Crippen LogP contribution in [-0.2, 0) is 6.42 Å². The predicted molar refractivity (Wildman–Crippen MR) is 74.1 cm³/mol. The van der Waals surface area contributed by atoms with Crippen LogP contribution in [0.5, 0.6) is 0 Å². The molecule has 1 saturated heterocycles. The maximum absolute atomic E-state index is 10.6. The van der Waals surface area contributed by atoms with Gasteiger partial charge in [0.1, 0.15) is 0 Å². The van der Waals surface area contributed by atoms with Crippen molar-refractivity contribution in [2.45, 2.75) is 31.8 Å². The van der Waals surface area contributed by atoms with Gasteiger partial charge >= 0.3 is 0 Å². The number of rotatable bonds is 3. The standard InChI is InChI=1S/C14H20BrNO/c1-14(17,12-3-2-8-16-10-12)9-11-4-6-13(15)7-5-11/h4-7,12,16-17H,2-3,8-10H2,1H3. The zero-order chi connectivity index (χ0) is 12.3. The van der Waals surface area contributed by atoms with Gasteiger partial charge in [-0.05, 0) is 44.0 Å². The topological polar surface area (TPSA) is 32.3 Å². The van der Waals surface area contributed by atoms with Gasteiger partial charge in [-0.3, -0.25) is 0 Å². The second-order valence-electron chi connectivity index (χ2n) is 5.20. The zero-order valence-corrected chi connectivity index (χ0v) is 11.8. The first-order valence-electron chi connectivity index (χ1n) is 6.25. The highest BCUT2D eigenvalue weighted by Crippen LogP contribution is 2.27. The van der Waals surface area contributed by atoms with Crippen LogP contribution >= 0.6 is 15.9 Å². The van der Waals surface area contributed by atoms with E-state index in [9.17, 15) is 5.11 Å². The largest absolute Gasteiger partial charge is 0.389 e. The summed E-state index contributed by atoms with van der Waals surface area (Å²) in [5.74, 6) is 0.361. The number of hydrogen-bond donors (Lipinski definition) is 2. The maximum Gasteiger partial charge on any atom is 0.0700 e. The van der Waals surface area contributed by atoms with E-state index in [-0.39, 0.29) is 0 Å². The summed E-state index contributed by atoms with van der Waals surface area (Å²) in [6.45, 7) is 3.99. The van der Waals surface area contributed by atoms with Crippen LogP contribution in [0.2, 0.25) is 0 Å². The van der Waals surface area contributed by atoms with Crippen LogP contribution in [0.4, 0.5) is 0 Å². The first-order chi connectivity index (χ1) is 8.08. The van der Waals surface area contributed by atoms with Crippen LogP contribution in [-0.4, -0.2) is 23.8 Å². The summed E-state index contributed by atoms with van der Waals surface area (Å²) < 4.78 is 1.08. The van der Waals surface area contributed by atoms with Gasteiger partial charge in [-0.15, -0.1) is 0 Å². The maximum atomic E-state index is 10.6. The first kappa shape index (κ1) is 13.1. The Morgan fingerprint density at radius 2 is 2.12 bits per heavy atom. The number of piperidine rings is 1. The molecular formula is C14H20BrNO. The van der Waals surface area contributed by atoms with Crippen molar-refractivity contribution in [1.82, 2.24) is 5.32 Å². The monoisotopic (exact) mass is 297 g/mol. The first-order valence-corrected chi connectivity index (χ1v) is 7.05. The molecule has 0 aromatic heterocycles. The number of benzene rings is 1. The number of halogens is 1. The molecule has 1 aromatic carbocycles. The highest BCUT2D eigenvalue weighted by molar-refractivity contribution is 9.10. The van der Waals surface area contributed by atoms with E-state index in [2.05, 4.69) is 33.4 Å². The quantitative estimate of drug-likeness (QED) is 0.899. The molecule has 3 heteroatoms. The van der Waals surface area contributed by atoms with E-state index in [1.165, 1.54) is 12.0 Å². The number of nitrogens with one attached hydrogen (secondary N) is 1. The lowest BCUT2D eigenvalue weighted by molar-refractivity contribution is -0.0102. The molecule has 2 unspecified atom stereocenters. The minimum absolute atomic E-state index is 0.361. The lowest BCUT2D eigenvalue weighted by atomic mass is 9.79. The Labute approximate surface area is 112 Å². The zero-order valence-electron chi connectivity index (χ0n) is 10.2. The molecule has 0 saturated carbocycles. The van der Waals surface area contributed by atoms with E-state index in [0.29, 0.717) is 5.92 Å². The summed E-state index contributed by atoms with van der Waals surface area (Å²) in [7, 11) is 0.